The van der Waals surface area contributed by atoms with Crippen molar-refractivity contribution in [3.8, 4) is 5.75 Å². The van der Waals surface area contributed by atoms with Crippen LogP contribution >= 0.6 is 15.9 Å². The summed E-state index contributed by atoms with van der Waals surface area (Å²) >= 11 is 3.22. The van der Waals surface area contributed by atoms with Crippen molar-refractivity contribution >= 4 is 15.9 Å². The van der Waals surface area contributed by atoms with Crippen LogP contribution in [0.2, 0.25) is 0 Å². The van der Waals surface area contributed by atoms with E-state index in [4.69, 9.17) is 10.6 Å². The SMILES string of the molecule is COc1cc(F)c(CON)cc1Br. The molecule has 3 nitrogen and oxygen atoms in total. The molecular weight excluding hydrogens is 241 g/mol. The van der Waals surface area contributed by atoms with E-state index < -0.39 is 5.82 Å². The lowest BCUT2D eigenvalue weighted by atomic mass is 10.2. The fourth-order valence-electron chi connectivity index (χ4n) is 0.927. The van der Waals surface area contributed by atoms with E-state index in [1.54, 1.807) is 6.07 Å². The molecule has 0 saturated heterocycles. The summed E-state index contributed by atoms with van der Waals surface area (Å²) in [6.07, 6.45) is 0. The van der Waals surface area contributed by atoms with Crippen molar-refractivity contribution in [1.29, 1.82) is 0 Å². The molecule has 0 saturated carbocycles. The summed E-state index contributed by atoms with van der Waals surface area (Å²) in [5, 5.41) is 0. The molecule has 72 valence electrons. The van der Waals surface area contributed by atoms with Gasteiger partial charge in [0, 0.05) is 11.6 Å². The largest absolute Gasteiger partial charge is 0.495 e. The lowest BCUT2D eigenvalue weighted by molar-refractivity contribution is 0.121. The van der Waals surface area contributed by atoms with E-state index in [1.165, 1.54) is 13.2 Å². The van der Waals surface area contributed by atoms with Crippen LogP contribution in [0.15, 0.2) is 16.6 Å². The van der Waals surface area contributed by atoms with Crippen molar-refractivity contribution in [3.05, 3.63) is 28.0 Å². The van der Waals surface area contributed by atoms with E-state index >= 15 is 0 Å². The molecule has 0 radical (unpaired) electrons. The maximum Gasteiger partial charge on any atom is 0.135 e. The number of hydrogen-bond acceptors (Lipinski definition) is 3. The molecule has 0 aliphatic rings. The molecule has 2 N–H and O–H groups in total. The predicted molar refractivity (Wildman–Crippen MR) is 49.6 cm³/mol. The van der Waals surface area contributed by atoms with Gasteiger partial charge in [0.15, 0.2) is 0 Å². The lowest BCUT2D eigenvalue weighted by Gasteiger charge is -2.06. The highest BCUT2D eigenvalue weighted by molar-refractivity contribution is 9.10. The van der Waals surface area contributed by atoms with E-state index in [2.05, 4.69) is 20.8 Å². The highest BCUT2D eigenvalue weighted by atomic mass is 79.9. The highest BCUT2D eigenvalue weighted by Gasteiger charge is 2.08. The minimum absolute atomic E-state index is 0.0361. The topological polar surface area (TPSA) is 44.5 Å². The van der Waals surface area contributed by atoms with Gasteiger partial charge in [0.1, 0.15) is 11.6 Å². The zero-order chi connectivity index (χ0) is 9.84. The summed E-state index contributed by atoms with van der Waals surface area (Å²) in [5.74, 6) is 4.88. The average molecular weight is 250 g/mol. The minimum atomic E-state index is -0.398. The van der Waals surface area contributed by atoms with E-state index in [0.717, 1.165) is 0 Å². The molecule has 1 aromatic carbocycles. The van der Waals surface area contributed by atoms with Crippen molar-refractivity contribution in [1.82, 2.24) is 0 Å². The van der Waals surface area contributed by atoms with Crippen LogP contribution in [0.5, 0.6) is 5.75 Å². The van der Waals surface area contributed by atoms with E-state index in [-0.39, 0.29) is 6.61 Å². The third kappa shape index (κ3) is 2.40. The fourth-order valence-corrected chi connectivity index (χ4v) is 1.48. The molecule has 13 heavy (non-hydrogen) atoms. The Labute approximate surface area is 83.7 Å². The van der Waals surface area contributed by atoms with Crippen molar-refractivity contribution < 1.29 is 14.0 Å². The average Bonchev–Trinajstić information content (AvgIpc) is 2.11. The Balaban J connectivity index is 3.05. The summed E-state index contributed by atoms with van der Waals surface area (Å²) < 4.78 is 18.7. The van der Waals surface area contributed by atoms with Crippen LogP contribution < -0.4 is 10.6 Å². The normalized spacial score (nSPS) is 10.2. The first kappa shape index (κ1) is 10.4. The summed E-state index contributed by atoms with van der Waals surface area (Å²) in [4.78, 5) is 4.34. The van der Waals surface area contributed by atoms with Gasteiger partial charge in [-0.05, 0) is 22.0 Å². The Morgan fingerprint density at radius 2 is 2.23 bits per heavy atom. The molecule has 0 spiro atoms. The van der Waals surface area contributed by atoms with Crippen LogP contribution in [0, 0.1) is 5.82 Å². The van der Waals surface area contributed by atoms with Gasteiger partial charge in [-0.2, -0.15) is 0 Å². The molecular formula is C8H9BrFNO2. The standard InChI is InChI=1S/C8H9BrFNO2/c1-12-8-3-7(10)5(4-13-11)2-6(8)9/h2-3H,4,11H2,1H3. The molecule has 0 amide bonds. The van der Waals surface area contributed by atoms with Crippen molar-refractivity contribution in [3.63, 3.8) is 0 Å². The summed E-state index contributed by atoms with van der Waals surface area (Å²) in [6, 6.07) is 2.85. The predicted octanol–water partition coefficient (Wildman–Crippen LogP) is 1.99. The Morgan fingerprint density at radius 1 is 1.54 bits per heavy atom. The van der Waals surface area contributed by atoms with Gasteiger partial charge < -0.3 is 4.74 Å². The van der Waals surface area contributed by atoms with Crippen LogP contribution in [0.25, 0.3) is 0 Å². The zero-order valence-electron chi connectivity index (χ0n) is 7.01. The molecule has 1 aromatic rings. The molecule has 0 aromatic heterocycles. The molecule has 0 aliphatic carbocycles. The van der Waals surface area contributed by atoms with Crippen LogP contribution in [-0.2, 0) is 11.4 Å². The molecule has 5 heteroatoms. The third-order valence-electron chi connectivity index (χ3n) is 1.56. The highest BCUT2D eigenvalue weighted by Crippen LogP contribution is 2.27. The van der Waals surface area contributed by atoms with Gasteiger partial charge >= 0.3 is 0 Å². The van der Waals surface area contributed by atoms with Crippen LogP contribution in [-0.4, -0.2) is 7.11 Å². The van der Waals surface area contributed by atoms with E-state index in [9.17, 15) is 4.39 Å². The molecule has 0 unspecified atom stereocenters. The zero-order valence-corrected chi connectivity index (χ0v) is 8.60. The second kappa shape index (κ2) is 4.55. The summed E-state index contributed by atoms with van der Waals surface area (Å²) in [5.41, 5.74) is 0.384. The quantitative estimate of drug-likeness (QED) is 0.834. The van der Waals surface area contributed by atoms with Gasteiger partial charge in [-0.15, -0.1) is 0 Å². The van der Waals surface area contributed by atoms with Crippen LogP contribution in [0.3, 0.4) is 0 Å². The van der Waals surface area contributed by atoms with Crippen molar-refractivity contribution in [2.75, 3.05) is 7.11 Å². The number of rotatable bonds is 3. The second-order valence-electron chi connectivity index (χ2n) is 2.39. The summed E-state index contributed by atoms with van der Waals surface area (Å²) in [7, 11) is 1.47. The number of ether oxygens (including phenoxy) is 1. The number of hydrogen-bond donors (Lipinski definition) is 1. The van der Waals surface area contributed by atoms with Gasteiger partial charge in [-0.3, -0.25) is 4.84 Å². The van der Waals surface area contributed by atoms with E-state index in [1.807, 2.05) is 0 Å². The number of benzene rings is 1. The first-order valence-corrected chi connectivity index (χ1v) is 4.32. The van der Waals surface area contributed by atoms with Gasteiger partial charge in [0.2, 0.25) is 0 Å². The van der Waals surface area contributed by atoms with Crippen molar-refractivity contribution in [2.45, 2.75) is 6.61 Å². The molecule has 0 atom stereocenters. The Kier molecular flexibility index (Phi) is 3.65. The summed E-state index contributed by atoms with van der Waals surface area (Å²) in [6.45, 7) is 0.0361. The number of nitrogens with two attached hydrogens (primary N) is 1. The fraction of sp³-hybridized carbons (Fsp3) is 0.250. The van der Waals surface area contributed by atoms with Crippen molar-refractivity contribution in [2.24, 2.45) is 5.90 Å². The monoisotopic (exact) mass is 249 g/mol. The maximum atomic E-state index is 13.2. The molecule has 1 rings (SSSR count). The van der Waals surface area contributed by atoms with Gasteiger partial charge in [-0.1, -0.05) is 0 Å². The third-order valence-corrected chi connectivity index (χ3v) is 2.18. The Morgan fingerprint density at radius 3 is 2.77 bits per heavy atom. The van der Waals surface area contributed by atoms with Crippen LogP contribution in [0.1, 0.15) is 5.56 Å². The lowest BCUT2D eigenvalue weighted by Crippen LogP contribution is -2.01. The Bertz CT molecular complexity index is 306. The van der Waals surface area contributed by atoms with Crippen LogP contribution in [0.4, 0.5) is 4.39 Å². The van der Waals surface area contributed by atoms with E-state index in [0.29, 0.717) is 15.8 Å². The number of methoxy groups -OCH3 is 1. The number of halogens is 2. The van der Waals surface area contributed by atoms with Gasteiger partial charge in [0.25, 0.3) is 0 Å². The van der Waals surface area contributed by atoms with Gasteiger partial charge in [0.05, 0.1) is 18.2 Å². The molecule has 0 heterocycles. The minimum Gasteiger partial charge on any atom is -0.495 e. The molecule has 0 aliphatic heterocycles. The Hall–Kier alpha value is -0.650. The van der Waals surface area contributed by atoms with Gasteiger partial charge in [-0.25, -0.2) is 10.3 Å². The first-order chi connectivity index (χ1) is 6.19. The first-order valence-electron chi connectivity index (χ1n) is 3.52. The second-order valence-corrected chi connectivity index (χ2v) is 3.24. The smallest absolute Gasteiger partial charge is 0.135 e. The molecule has 0 bridgehead atoms. The maximum absolute atomic E-state index is 13.2. The molecule has 0 fully saturated rings.